The van der Waals surface area contributed by atoms with E-state index in [9.17, 15) is 13.2 Å². The maximum absolute atomic E-state index is 12.2. The quantitative estimate of drug-likeness (QED) is 0.812. The van der Waals surface area contributed by atoms with E-state index in [0.717, 1.165) is 19.5 Å². The molecule has 1 fully saturated rings. The van der Waals surface area contributed by atoms with E-state index < -0.39 is 10.0 Å². The Kier molecular flexibility index (Phi) is 5.78. The second kappa shape index (κ2) is 7.42. The first kappa shape index (κ1) is 17.9. The smallest absolute Gasteiger partial charge is 0.251 e. The molecule has 0 aliphatic carbocycles. The van der Waals surface area contributed by atoms with Crippen molar-refractivity contribution in [3.8, 4) is 0 Å². The maximum Gasteiger partial charge on any atom is 0.251 e. The molecule has 0 radical (unpaired) electrons. The van der Waals surface area contributed by atoms with Crippen molar-refractivity contribution >= 4 is 15.9 Å². The predicted molar refractivity (Wildman–Crippen MR) is 89.8 cm³/mol. The van der Waals surface area contributed by atoms with E-state index in [4.69, 9.17) is 0 Å². The highest BCUT2D eigenvalue weighted by Gasteiger charge is 2.24. The summed E-state index contributed by atoms with van der Waals surface area (Å²) in [5, 5.41) is 2.94. The Morgan fingerprint density at radius 2 is 1.96 bits per heavy atom. The van der Waals surface area contributed by atoms with Crippen LogP contribution in [-0.2, 0) is 10.0 Å². The summed E-state index contributed by atoms with van der Waals surface area (Å²) in [5.74, 6) is 0.312. The Bertz CT molecular complexity index is 641. The molecule has 0 saturated carbocycles. The van der Waals surface area contributed by atoms with E-state index in [2.05, 4.69) is 28.8 Å². The van der Waals surface area contributed by atoms with E-state index in [1.54, 1.807) is 0 Å². The molecule has 1 saturated heterocycles. The molecule has 1 atom stereocenters. The SMILES string of the molecule is CNS(=O)(=O)c1ccc(C(=O)NC[C@H]2CCN(C(C)C)C2)cc1. The predicted octanol–water partition coefficient (Wildman–Crippen LogP) is 1.05. The molecule has 128 valence electrons. The molecule has 0 aromatic heterocycles. The lowest BCUT2D eigenvalue weighted by molar-refractivity contribution is 0.0947. The van der Waals surface area contributed by atoms with Gasteiger partial charge in [0.15, 0.2) is 0 Å². The summed E-state index contributed by atoms with van der Waals surface area (Å²) in [4.78, 5) is 14.7. The zero-order valence-electron chi connectivity index (χ0n) is 13.9. The zero-order chi connectivity index (χ0) is 17.0. The molecule has 6 nitrogen and oxygen atoms in total. The van der Waals surface area contributed by atoms with Gasteiger partial charge in [-0.15, -0.1) is 0 Å². The number of sulfonamides is 1. The van der Waals surface area contributed by atoms with E-state index in [0.29, 0.717) is 24.1 Å². The number of carbonyl (C=O) groups excluding carboxylic acids is 1. The molecule has 1 amide bonds. The summed E-state index contributed by atoms with van der Waals surface area (Å²) in [6.07, 6.45) is 1.10. The van der Waals surface area contributed by atoms with Crippen LogP contribution in [0.15, 0.2) is 29.2 Å². The first-order chi connectivity index (χ1) is 10.8. The molecule has 0 unspecified atom stereocenters. The fourth-order valence-corrected chi connectivity index (χ4v) is 3.47. The molecule has 1 aliphatic heterocycles. The second-order valence-corrected chi connectivity index (χ2v) is 8.07. The molecular formula is C16H25N3O3S. The summed E-state index contributed by atoms with van der Waals surface area (Å²) in [6.45, 7) is 7.11. The van der Waals surface area contributed by atoms with Gasteiger partial charge in [0.25, 0.3) is 5.91 Å². The minimum absolute atomic E-state index is 0.153. The lowest BCUT2D eigenvalue weighted by atomic mass is 10.1. The van der Waals surface area contributed by atoms with Crippen LogP contribution >= 0.6 is 0 Å². The number of nitrogens with zero attached hydrogens (tertiary/aromatic N) is 1. The van der Waals surface area contributed by atoms with Gasteiger partial charge in [0.2, 0.25) is 10.0 Å². The van der Waals surface area contributed by atoms with Gasteiger partial charge in [0.05, 0.1) is 4.90 Å². The number of carbonyl (C=O) groups is 1. The van der Waals surface area contributed by atoms with Crippen molar-refractivity contribution in [2.45, 2.75) is 31.2 Å². The van der Waals surface area contributed by atoms with Crippen LogP contribution < -0.4 is 10.0 Å². The van der Waals surface area contributed by atoms with Crippen LogP contribution in [0.4, 0.5) is 0 Å². The summed E-state index contributed by atoms with van der Waals surface area (Å²) < 4.78 is 25.6. The van der Waals surface area contributed by atoms with Crippen LogP contribution in [0, 0.1) is 5.92 Å². The Morgan fingerprint density at radius 1 is 1.30 bits per heavy atom. The highest BCUT2D eigenvalue weighted by molar-refractivity contribution is 7.89. The van der Waals surface area contributed by atoms with Gasteiger partial charge in [-0.1, -0.05) is 0 Å². The molecule has 1 aromatic rings. The molecule has 1 heterocycles. The summed E-state index contributed by atoms with van der Waals surface area (Å²) in [5.41, 5.74) is 0.471. The van der Waals surface area contributed by atoms with Gasteiger partial charge < -0.3 is 10.2 Å². The molecule has 1 aromatic carbocycles. The van der Waals surface area contributed by atoms with E-state index in [1.165, 1.54) is 31.3 Å². The van der Waals surface area contributed by atoms with E-state index >= 15 is 0 Å². The number of rotatable bonds is 6. The van der Waals surface area contributed by atoms with Crippen LogP contribution in [0.5, 0.6) is 0 Å². The van der Waals surface area contributed by atoms with E-state index in [-0.39, 0.29) is 10.8 Å². The number of benzene rings is 1. The first-order valence-electron chi connectivity index (χ1n) is 7.89. The van der Waals surface area contributed by atoms with Crippen LogP contribution in [0.3, 0.4) is 0 Å². The lowest BCUT2D eigenvalue weighted by Crippen LogP contribution is -2.33. The van der Waals surface area contributed by atoms with Crippen LogP contribution in [-0.4, -0.2) is 51.9 Å². The van der Waals surface area contributed by atoms with Crippen LogP contribution in [0.25, 0.3) is 0 Å². The van der Waals surface area contributed by atoms with Crippen molar-refractivity contribution in [3.63, 3.8) is 0 Å². The van der Waals surface area contributed by atoms with Crippen molar-refractivity contribution < 1.29 is 13.2 Å². The molecule has 1 aliphatic rings. The normalized spacial score (nSPS) is 19.2. The lowest BCUT2D eigenvalue weighted by Gasteiger charge is -2.20. The maximum atomic E-state index is 12.2. The van der Waals surface area contributed by atoms with E-state index in [1.807, 2.05) is 0 Å². The van der Waals surface area contributed by atoms with Crippen molar-refractivity contribution in [3.05, 3.63) is 29.8 Å². The molecule has 23 heavy (non-hydrogen) atoms. The summed E-state index contributed by atoms with van der Waals surface area (Å²) in [6, 6.07) is 6.49. The standard InChI is InChI=1S/C16H25N3O3S/c1-12(2)19-9-8-13(11-19)10-18-16(20)14-4-6-15(7-5-14)23(21,22)17-3/h4-7,12-13,17H,8-11H2,1-3H3,(H,18,20)/t13-/m1/s1. The average Bonchev–Trinajstić information content (AvgIpc) is 3.02. The molecule has 7 heteroatoms. The van der Waals surface area contributed by atoms with Gasteiger partial charge in [-0.25, -0.2) is 13.1 Å². The van der Waals surface area contributed by atoms with Gasteiger partial charge in [-0.2, -0.15) is 0 Å². The van der Waals surface area contributed by atoms with Gasteiger partial charge in [-0.05, 0) is 64.0 Å². The third kappa shape index (κ3) is 4.53. The molecule has 2 rings (SSSR count). The molecule has 2 N–H and O–H groups in total. The molecular weight excluding hydrogens is 314 g/mol. The first-order valence-corrected chi connectivity index (χ1v) is 9.37. The van der Waals surface area contributed by atoms with Crippen LogP contribution in [0.1, 0.15) is 30.6 Å². The largest absolute Gasteiger partial charge is 0.352 e. The average molecular weight is 339 g/mol. The van der Waals surface area contributed by atoms with Gasteiger partial charge in [0.1, 0.15) is 0 Å². The highest BCUT2D eigenvalue weighted by Crippen LogP contribution is 2.18. The Balaban J connectivity index is 1.89. The summed E-state index contributed by atoms with van der Waals surface area (Å²) >= 11 is 0. The highest BCUT2D eigenvalue weighted by atomic mass is 32.2. The van der Waals surface area contributed by atoms with Gasteiger partial charge in [0, 0.05) is 24.7 Å². The minimum Gasteiger partial charge on any atom is -0.352 e. The van der Waals surface area contributed by atoms with Gasteiger partial charge >= 0.3 is 0 Å². The Labute approximate surface area is 138 Å². The molecule has 0 bridgehead atoms. The third-order valence-electron chi connectivity index (χ3n) is 4.29. The minimum atomic E-state index is -3.47. The number of likely N-dealkylation sites (tertiary alicyclic amines) is 1. The Morgan fingerprint density at radius 3 is 2.48 bits per heavy atom. The topological polar surface area (TPSA) is 78.5 Å². The number of amides is 1. The van der Waals surface area contributed by atoms with Gasteiger partial charge in [-0.3, -0.25) is 4.79 Å². The second-order valence-electron chi connectivity index (χ2n) is 6.19. The van der Waals surface area contributed by atoms with Crippen molar-refractivity contribution in [1.82, 2.24) is 14.9 Å². The molecule has 0 spiro atoms. The fourth-order valence-electron chi connectivity index (χ4n) is 2.74. The third-order valence-corrected chi connectivity index (χ3v) is 5.72. The summed E-state index contributed by atoms with van der Waals surface area (Å²) in [7, 11) is -2.11. The van der Waals surface area contributed by atoms with Crippen molar-refractivity contribution in [1.29, 1.82) is 0 Å². The van der Waals surface area contributed by atoms with Crippen LogP contribution in [0.2, 0.25) is 0 Å². The van der Waals surface area contributed by atoms with Crippen molar-refractivity contribution in [2.75, 3.05) is 26.7 Å². The monoisotopic (exact) mass is 339 g/mol. The fraction of sp³-hybridized carbons (Fsp3) is 0.562. The number of hydrogen-bond acceptors (Lipinski definition) is 4. The zero-order valence-corrected chi connectivity index (χ0v) is 14.7. The van der Waals surface area contributed by atoms with Crippen molar-refractivity contribution in [2.24, 2.45) is 5.92 Å². The Hall–Kier alpha value is -1.44. The number of nitrogens with one attached hydrogen (secondary N) is 2. The number of hydrogen-bond donors (Lipinski definition) is 2.